The topological polar surface area (TPSA) is 29.1 Å². The van der Waals surface area contributed by atoms with E-state index in [1.807, 2.05) is 0 Å². The third kappa shape index (κ3) is 2.54. The van der Waals surface area contributed by atoms with Crippen LogP contribution < -0.4 is 5.32 Å². The molecule has 2 aromatic rings. The molecule has 0 radical (unpaired) electrons. The molecule has 2 aromatic carbocycles. The Bertz CT molecular complexity index is 747. The number of allylic oxidation sites excluding steroid dienone is 1. The number of anilines is 1. The zero-order valence-corrected chi connectivity index (χ0v) is 10.7. The minimum atomic E-state index is -4.39. The van der Waals surface area contributed by atoms with E-state index in [4.69, 9.17) is 0 Å². The molecule has 3 rings (SSSR count). The van der Waals surface area contributed by atoms with Gasteiger partial charge in [0.2, 0.25) is 0 Å². The molecule has 0 aliphatic heterocycles. The molecule has 0 aromatic heterocycles. The van der Waals surface area contributed by atoms with Crippen LogP contribution in [0.2, 0.25) is 0 Å². The first-order valence-electron chi connectivity index (χ1n) is 6.25. The Labute approximate surface area is 118 Å². The molecule has 1 aliphatic carbocycles. The summed E-state index contributed by atoms with van der Waals surface area (Å²) in [5.41, 5.74) is 1.31. The van der Waals surface area contributed by atoms with Gasteiger partial charge in [-0.3, -0.25) is 4.79 Å². The SMILES string of the molecule is O=C1C=C(Nc2cccc(C(F)(F)F)c2)c2ccccc21. The van der Waals surface area contributed by atoms with Gasteiger partial charge in [0.15, 0.2) is 5.78 Å². The minimum absolute atomic E-state index is 0.153. The van der Waals surface area contributed by atoms with Crippen LogP contribution in [-0.4, -0.2) is 5.78 Å². The molecule has 1 aliphatic rings. The highest BCUT2D eigenvalue weighted by atomic mass is 19.4. The minimum Gasteiger partial charge on any atom is -0.355 e. The predicted octanol–water partition coefficient (Wildman–Crippen LogP) is 4.35. The van der Waals surface area contributed by atoms with Crippen LogP contribution in [0.4, 0.5) is 18.9 Å². The van der Waals surface area contributed by atoms with Gasteiger partial charge in [-0.1, -0.05) is 30.3 Å². The van der Waals surface area contributed by atoms with Crippen molar-refractivity contribution in [2.75, 3.05) is 5.32 Å². The van der Waals surface area contributed by atoms with Gasteiger partial charge in [0.25, 0.3) is 0 Å². The molecule has 1 N–H and O–H groups in total. The highest BCUT2D eigenvalue weighted by molar-refractivity contribution is 6.17. The molecule has 0 saturated heterocycles. The van der Waals surface area contributed by atoms with Crippen molar-refractivity contribution in [3.8, 4) is 0 Å². The van der Waals surface area contributed by atoms with Crippen molar-refractivity contribution >= 4 is 17.2 Å². The number of benzene rings is 2. The first-order chi connectivity index (χ1) is 9.95. The Kier molecular flexibility index (Phi) is 3.05. The summed E-state index contributed by atoms with van der Waals surface area (Å²) in [6.45, 7) is 0. The summed E-state index contributed by atoms with van der Waals surface area (Å²) < 4.78 is 38.1. The van der Waals surface area contributed by atoms with Crippen LogP contribution in [0, 0.1) is 0 Å². The highest BCUT2D eigenvalue weighted by Gasteiger charge is 2.30. The maximum atomic E-state index is 12.7. The average Bonchev–Trinajstić information content (AvgIpc) is 2.76. The summed E-state index contributed by atoms with van der Waals surface area (Å²) in [4.78, 5) is 11.8. The second-order valence-corrected chi connectivity index (χ2v) is 4.67. The lowest BCUT2D eigenvalue weighted by Crippen LogP contribution is -2.05. The van der Waals surface area contributed by atoms with Crippen molar-refractivity contribution in [3.05, 3.63) is 71.3 Å². The molecule has 5 heteroatoms. The summed E-state index contributed by atoms with van der Waals surface area (Å²) >= 11 is 0. The van der Waals surface area contributed by atoms with Crippen LogP contribution in [0.25, 0.3) is 5.70 Å². The van der Waals surface area contributed by atoms with Gasteiger partial charge in [-0.25, -0.2) is 0 Å². The van der Waals surface area contributed by atoms with Crippen LogP contribution in [0.15, 0.2) is 54.6 Å². The number of carbonyl (C=O) groups is 1. The van der Waals surface area contributed by atoms with Crippen LogP contribution >= 0.6 is 0 Å². The van der Waals surface area contributed by atoms with Gasteiger partial charge in [-0.2, -0.15) is 13.2 Å². The lowest BCUT2D eigenvalue weighted by atomic mass is 10.1. The highest BCUT2D eigenvalue weighted by Crippen LogP contribution is 2.33. The molecule has 2 nitrogen and oxygen atoms in total. The van der Waals surface area contributed by atoms with Gasteiger partial charge in [0.05, 0.1) is 11.3 Å². The second-order valence-electron chi connectivity index (χ2n) is 4.67. The molecule has 0 bridgehead atoms. The number of alkyl halides is 3. The van der Waals surface area contributed by atoms with Crippen molar-refractivity contribution < 1.29 is 18.0 Å². The molecule has 0 unspecified atom stereocenters. The lowest BCUT2D eigenvalue weighted by molar-refractivity contribution is -0.137. The maximum absolute atomic E-state index is 12.7. The standard InChI is InChI=1S/C16H10F3NO/c17-16(18,19)10-4-3-5-11(8-10)20-14-9-15(21)13-7-2-1-6-12(13)14/h1-9,20H. The molecule has 106 valence electrons. The number of nitrogens with one attached hydrogen (secondary N) is 1. The predicted molar refractivity (Wildman–Crippen MR) is 73.8 cm³/mol. The maximum Gasteiger partial charge on any atom is 0.416 e. The Morgan fingerprint density at radius 1 is 0.905 bits per heavy atom. The van der Waals surface area contributed by atoms with Gasteiger partial charge < -0.3 is 5.32 Å². The lowest BCUT2D eigenvalue weighted by Gasteiger charge is -2.12. The molecule has 0 spiro atoms. The van der Waals surface area contributed by atoms with E-state index in [9.17, 15) is 18.0 Å². The Hall–Kier alpha value is -2.56. The van der Waals surface area contributed by atoms with Gasteiger partial charge in [0, 0.05) is 22.9 Å². The second kappa shape index (κ2) is 4.77. The molecular weight excluding hydrogens is 279 g/mol. The van der Waals surface area contributed by atoms with Gasteiger partial charge >= 0.3 is 6.18 Å². The fourth-order valence-corrected chi connectivity index (χ4v) is 2.25. The van der Waals surface area contributed by atoms with Crippen molar-refractivity contribution in [1.29, 1.82) is 0 Å². The van der Waals surface area contributed by atoms with Gasteiger partial charge in [0.1, 0.15) is 0 Å². The Balaban J connectivity index is 1.92. The van der Waals surface area contributed by atoms with E-state index in [1.54, 1.807) is 24.3 Å². The number of hydrogen-bond donors (Lipinski definition) is 1. The molecule has 0 saturated carbocycles. The molecule has 0 atom stereocenters. The number of carbonyl (C=O) groups excluding carboxylic acids is 1. The van der Waals surface area contributed by atoms with Crippen LogP contribution in [0.5, 0.6) is 0 Å². The quantitative estimate of drug-likeness (QED) is 0.890. The van der Waals surface area contributed by atoms with Crippen LogP contribution in [-0.2, 0) is 6.18 Å². The molecule has 0 amide bonds. The third-order valence-electron chi connectivity index (χ3n) is 3.23. The smallest absolute Gasteiger partial charge is 0.355 e. The van der Waals surface area contributed by atoms with Gasteiger partial charge in [-0.05, 0) is 18.2 Å². The fourth-order valence-electron chi connectivity index (χ4n) is 2.25. The van der Waals surface area contributed by atoms with E-state index >= 15 is 0 Å². The van der Waals surface area contributed by atoms with E-state index in [2.05, 4.69) is 5.32 Å². The Morgan fingerprint density at radius 3 is 2.33 bits per heavy atom. The normalized spacial score (nSPS) is 13.9. The number of rotatable bonds is 2. The van der Waals surface area contributed by atoms with E-state index in [0.717, 1.165) is 12.1 Å². The van der Waals surface area contributed by atoms with E-state index < -0.39 is 11.7 Å². The largest absolute Gasteiger partial charge is 0.416 e. The fraction of sp³-hybridized carbons (Fsp3) is 0.0625. The summed E-state index contributed by atoms with van der Waals surface area (Å²) in [7, 11) is 0. The van der Waals surface area contributed by atoms with Crippen molar-refractivity contribution in [1.82, 2.24) is 0 Å². The van der Waals surface area contributed by atoms with Crippen molar-refractivity contribution in [2.45, 2.75) is 6.18 Å². The molecule has 21 heavy (non-hydrogen) atoms. The zero-order valence-electron chi connectivity index (χ0n) is 10.7. The van der Waals surface area contributed by atoms with E-state index in [-0.39, 0.29) is 5.78 Å². The van der Waals surface area contributed by atoms with Crippen LogP contribution in [0.3, 0.4) is 0 Å². The number of hydrogen-bond acceptors (Lipinski definition) is 2. The molecular formula is C16H10F3NO. The molecule has 0 fully saturated rings. The van der Waals surface area contributed by atoms with E-state index in [1.165, 1.54) is 18.2 Å². The summed E-state index contributed by atoms with van der Waals surface area (Å²) in [5.74, 6) is -0.153. The van der Waals surface area contributed by atoms with Gasteiger partial charge in [-0.15, -0.1) is 0 Å². The first-order valence-corrected chi connectivity index (χ1v) is 6.25. The zero-order chi connectivity index (χ0) is 15.0. The van der Waals surface area contributed by atoms with Crippen molar-refractivity contribution in [3.63, 3.8) is 0 Å². The van der Waals surface area contributed by atoms with E-state index in [0.29, 0.717) is 22.5 Å². The average molecular weight is 289 g/mol. The number of halogens is 3. The summed E-state index contributed by atoms with van der Waals surface area (Å²) in [6.07, 6.45) is -3.00. The third-order valence-corrected chi connectivity index (χ3v) is 3.23. The molecule has 0 heterocycles. The van der Waals surface area contributed by atoms with Crippen LogP contribution in [0.1, 0.15) is 21.5 Å². The van der Waals surface area contributed by atoms with Crippen molar-refractivity contribution in [2.24, 2.45) is 0 Å². The first kappa shape index (κ1) is 13.4. The summed E-state index contributed by atoms with van der Waals surface area (Å²) in [6, 6.07) is 11.9. The monoisotopic (exact) mass is 289 g/mol. The summed E-state index contributed by atoms with van der Waals surface area (Å²) in [5, 5.41) is 2.88. The Morgan fingerprint density at radius 2 is 1.62 bits per heavy atom. The number of ketones is 1. The number of fused-ring (bicyclic) bond motifs is 1.